The lowest BCUT2D eigenvalue weighted by atomic mass is 10.1. The Hall–Kier alpha value is -1.32. The van der Waals surface area contributed by atoms with E-state index in [2.05, 4.69) is 6.92 Å². The van der Waals surface area contributed by atoms with E-state index in [1.807, 2.05) is 19.1 Å². The maximum Gasteiger partial charge on any atom is 0.306 e. The largest absolute Gasteiger partial charge is 0.466 e. The second-order valence-corrected chi connectivity index (χ2v) is 7.92. The van der Waals surface area contributed by atoms with E-state index in [9.17, 15) is 9.59 Å². The highest BCUT2D eigenvalue weighted by atomic mass is 16.5. The average Bonchev–Trinajstić information content (AvgIpc) is 2.71. The first kappa shape index (κ1) is 27.7. The van der Waals surface area contributed by atoms with Crippen molar-refractivity contribution in [2.45, 2.75) is 123 Å². The molecule has 0 bridgehead atoms. The standard InChI is InChI=1S/C25H46O4/c1-3-5-7-8-9-10-13-16-19-23-29-25(27)21-18-15-12-11-14-17-20-24(26)28-22-6-4-2/h4,6H,3,5,7-23H2,1-2H3/b6-4+. The second kappa shape index (κ2) is 23.0. The fourth-order valence-electron chi connectivity index (χ4n) is 3.23. The zero-order valence-electron chi connectivity index (χ0n) is 19.2. The smallest absolute Gasteiger partial charge is 0.306 e. The van der Waals surface area contributed by atoms with Crippen LogP contribution in [0.4, 0.5) is 0 Å². The van der Waals surface area contributed by atoms with Crippen molar-refractivity contribution in [2.24, 2.45) is 0 Å². The normalized spacial score (nSPS) is 11.1. The minimum Gasteiger partial charge on any atom is -0.466 e. The van der Waals surface area contributed by atoms with Gasteiger partial charge in [-0.2, -0.15) is 0 Å². The van der Waals surface area contributed by atoms with Gasteiger partial charge in [0.1, 0.15) is 6.61 Å². The first-order valence-electron chi connectivity index (χ1n) is 12.1. The van der Waals surface area contributed by atoms with Crippen molar-refractivity contribution in [3.63, 3.8) is 0 Å². The lowest BCUT2D eigenvalue weighted by molar-refractivity contribution is -0.144. The molecule has 170 valence electrons. The number of hydrogen-bond acceptors (Lipinski definition) is 4. The number of ether oxygens (including phenoxy) is 2. The topological polar surface area (TPSA) is 52.6 Å². The summed E-state index contributed by atoms with van der Waals surface area (Å²) in [6, 6.07) is 0. The maximum absolute atomic E-state index is 11.7. The minimum atomic E-state index is -0.113. The second-order valence-electron chi connectivity index (χ2n) is 7.92. The fourth-order valence-corrected chi connectivity index (χ4v) is 3.23. The Morgan fingerprint density at radius 1 is 0.621 bits per heavy atom. The van der Waals surface area contributed by atoms with Crippen LogP contribution in [0.3, 0.4) is 0 Å². The van der Waals surface area contributed by atoms with E-state index in [0.29, 0.717) is 26.1 Å². The third-order valence-electron chi connectivity index (χ3n) is 5.10. The molecule has 0 spiro atoms. The Kier molecular flexibility index (Phi) is 21.9. The van der Waals surface area contributed by atoms with E-state index in [-0.39, 0.29) is 11.9 Å². The Morgan fingerprint density at radius 3 is 1.59 bits per heavy atom. The van der Waals surface area contributed by atoms with Crippen LogP contribution in [0.2, 0.25) is 0 Å². The van der Waals surface area contributed by atoms with Crippen LogP contribution in [0.5, 0.6) is 0 Å². The Morgan fingerprint density at radius 2 is 1.07 bits per heavy atom. The minimum absolute atomic E-state index is 0.0477. The summed E-state index contributed by atoms with van der Waals surface area (Å²) in [4.78, 5) is 23.1. The van der Waals surface area contributed by atoms with Gasteiger partial charge in [0, 0.05) is 12.8 Å². The van der Waals surface area contributed by atoms with Crippen molar-refractivity contribution >= 4 is 11.9 Å². The number of allylic oxidation sites excluding steroid dienone is 1. The summed E-state index contributed by atoms with van der Waals surface area (Å²) in [5.74, 6) is -0.161. The maximum atomic E-state index is 11.7. The lowest BCUT2D eigenvalue weighted by Gasteiger charge is -2.05. The van der Waals surface area contributed by atoms with Gasteiger partial charge in [-0.1, -0.05) is 96.1 Å². The highest BCUT2D eigenvalue weighted by Crippen LogP contribution is 2.11. The van der Waals surface area contributed by atoms with Crippen molar-refractivity contribution in [1.29, 1.82) is 0 Å². The molecule has 29 heavy (non-hydrogen) atoms. The van der Waals surface area contributed by atoms with Crippen molar-refractivity contribution in [2.75, 3.05) is 13.2 Å². The predicted octanol–water partition coefficient (Wildman–Crippen LogP) is 7.30. The van der Waals surface area contributed by atoms with Gasteiger partial charge in [0.15, 0.2) is 0 Å². The van der Waals surface area contributed by atoms with Crippen molar-refractivity contribution < 1.29 is 19.1 Å². The van der Waals surface area contributed by atoms with Gasteiger partial charge in [0.25, 0.3) is 0 Å². The first-order valence-corrected chi connectivity index (χ1v) is 12.1. The fraction of sp³-hybridized carbons (Fsp3) is 0.840. The van der Waals surface area contributed by atoms with Gasteiger partial charge in [0.2, 0.25) is 0 Å². The molecule has 0 atom stereocenters. The van der Waals surface area contributed by atoms with Crippen LogP contribution in [-0.4, -0.2) is 25.2 Å². The third kappa shape index (κ3) is 22.8. The summed E-state index contributed by atoms with van der Waals surface area (Å²) in [6.45, 7) is 5.12. The molecule has 0 radical (unpaired) electrons. The molecule has 0 saturated carbocycles. The molecule has 0 aliphatic carbocycles. The van der Waals surface area contributed by atoms with Crippen LogP contribution in [0.15, 0.2) is 12.2 Å². The van der Waals surface area contributed by atoms with Gasteiger partial charge in [-0.15, -0.1) is 0 Å². The van der Waals surface area contributed by atoms with E-state index in [4.69, 9.17) is 9.47 Å². The van der Waals surface area contributed by atoms with E-state index in [1.165, 1.54) is 51.4 Å². The highest BCUT2D eigenvalue weighted by molar-refractivity contribution is 5.69. The van der Waals surface area contributed by atoms with Crippen LogP contribution < -0.4 is 0 Å². The molecule has 0 aromatic rings. The number of hydrogen-bond donors (Lipinski definition) is 0. The number of carbonyl (C=O) groups excluding carboxylic acids is 2. The molecule has 0 N–H and O–H groups in total. The average molecular weight is 411 g/mol. The molecule has 0 aromatic carbocycles. The highest BCUT2D eigenvalue weighted by Gasteiger charge is 2.03. The van der Waals surface area contributed by atoms with Crippen molar-refractivity contribution in [1.82, 2.24) is 0 Å². The van der Waals surface area contributed by atoms with Crippen LogP contribution in [-0.2, 0) is 19.1 Å². The molecule has 0 aromatic heterocycles. The monoisotopic (exact) mass is 410 g/mol. The van der Waals surface area contributed by atoms with E-state index >= 15 is 0 Å². The summed E-state index contributed by atoms with van der Waals surface area (Å²) < 4.78 is 10.4. The molecular weight excluding hydrogens is 364 g/mol. The number of unbranched alkanes of at least 4 members (excludes halogenated alkanes) is 13. The first-order chi connectivity index (χ1) is 14.2. The van der Waals surface area contributed by atoms with Crippen LogP contribution in [0.1, 0.15) is 123 Å². The number of rotatable bonds is 21. The molecule has 4 nitrogen and oxygen atoms in total. The molecular formula is C25H46O4. The Balaban J connectivity index is 3.25. The Bertz CT molecular complexity index is 404. The summed E-state index contributed by atoms with van der Waals surface area (Å²) >= 11 is 0. The van der Waals surface area contributed by atoms with Crippen molar-refractivity contribution in [3.8, 4) is 0 Å². The summed E-state index contributed by atoms with van der Waals surface area (Å²) in [5.41, 5.74) is 0. The van der Waals surface area contributed by atoms with E-state index in [0.717, 1.165) is 44.9 Å². The van der Waals surface area contributed by atoms with E-state index < -0.39 is 0 Å². The number of esters is 2. The van der Waals surface area contributed by atoms with Crippen LogP contribution >= 0.6 is 0 Å². The van der Waals surface area contributed by atoms with Gasteiger partial charge in [-0.05, 0) is 26.2 Å². The van der Waals surface area contributed by atoms with Crippen LogP contribution in [0, 0.1) is 0 Å². The summed E-state index contributed by atoms with van der Waals surface area (Å²) in [6.07, 6.45) is 22.4. The lowest BCUT2D eigenvalue weighted by Crippen LogP contribution is -2.05. The van der Waals surface area contributed by atoms with Gasteiger partial charge < -0.3 is 9.47 Å². The van der Waals surface area contributed by atoms with Gasteiger partial charge in [0.05, 0.1) is 6.61 Å². The van der Waals surface area contributed by atoms with Gasteiger partial charge in [-0.25, -0.2) is 0 Å². The molecule has 0 aliphatic heterocycles. The number of carbonyl (C=O) groups is 2. The molecule has 0 heterocycles. The third-order valence-corrected chi connectivity index (χ3v) is 5.10. The SMILES string of the molecule is C/C=C/COC(=O)CCCCCCCCC(=O)OCCCCCCCCCCC. The molecule has 0 amide bonds. The zero-order valence-corrected chi connectivity index (χ0v) is 19.2. The molecule has 0 aliphatic rings. The van der Waals surface area contributed by atoms with Crippen LogP contribution in [0.25, 0.3) is 0 Å². The van der Waals surface area contributed by atoms with Gasteiger partial charge >= 0.3 is 11.9 Å². The summed E-state index contributed by atoms with van der Waals surface area (Å²) in [7, 11) is 0. The molecule has 0 fully saturated rings. The molecule has 4 heteroatoms. The molecule has 0 rings (SSSR count). The Labute approximate surface area is 179 Å². The zero-order chi connectivity index (χ0) is 21.4. The predicted molar refractivity (Wildman–Crippen MR) is 121 cm³/mol. The van der Waals surface area contributed by atoms with E-state index in [1.54, 1.807) is 0 Å². The quantitative estimate of drug-likeness (QED) is 0.113. The summed E-state index contributed by atoms with van der Waals surface area (Å²) in [5, 5.41) is 0. The van der Waals surface area contributed by atoms with Crippen molar-refractivity contribution in [3.05, 3.63) is 12.2 Å². The molecule has 0 saturated heterocycles. The molecule has 0 unspecified atom stereocenters. The van der Waals surface area contributed by atoms with Gasteiger partial charge in [-0.3, -0.25) is 9.59 Å².